The summed E-state index contributed by atoms with van der Waals surface area (Å²) >= 11 is 1.82. The van der Waals surface area contributed by atoms with Gasteiger partial charge in [-0.15, -0.1) is 11.3 Å². The third-order valence-electron chi connectivity index (χ3n) is 4.82. The predicted octanol–water partition coefficient (Wildman–Crippen LogP) is 3.77. The molecule has 3 rings (SSSR count). The summed E-state index contributed by atoms with van der Waals surface area (Å²) in [4.78, 5) is 5.78. The molecule has 6 heteroatoms. The largest absolute Gasteiger partial charge is 0.488 e. The first-order valence-electron chi connectivity index (χ1n) is 9.95. The highest BCUT2D eigenvalue weighted by Crippen LogP contribution is 2.23. The molecule has 2 heterocycles. The Bertz CT molecular complexity index is 755. The summed E-state index contributed by atoms with van der Waals surface area (Å²) in [6.07, 6.45) is 2.18. The number of nitrogens with zero attached hydrogens (tertiary/aromatic N) is 1. The van der Waals surface area contributed by atoms with Gasteiger partial charge >= 0.3 is 0 Å². The third-order valence-corrected chi connectivity index (χ3v) is 5.72. The molecule has 2 N–H and O–H groups in total. The van der Waals surface area contributed by atoms with Crippen molar-refractivity contribution in [3.05, 3.63) is 51.7 Å². The molecule has 0 bridgehead atoms. The maximum Gasteiger partial charge on any atom is 0.191 e. The molecule has 2 aromatic rings. The first-order chi connectivity index (χ1) is 13.6. The molecular formula is C22H31N3O2S. The fourth-order valence-electron chi connectivity index (χ4n) is 3.22. The van der Waals surface area contributed by atoms with Crippen LogP contribution in [0.25, 0.3) is 0 Å². The molecule has 1 aliphatic heterocycles. The molecule has 1 saturated heterocycles. The average molecular weight is 402 g/mol. The fraction of sp³-hybridized carbons (Fsp3) is 0.500. The van der Waals surface area contributed by atoms with E-state index in [1.807, 2.05) is 18.4 Å². The highest BCUT2D eigenvalue weighted by atomic mass is 32.1. The van der Waals surface area contributed by atoms with E-state index < -0.39 is 0 Å². The number of benzene rings is 1. The number of rotatable bonds is 8. The van der Waals surface area contributed by atoms with Crippen molar-refractivity contribution >= 4 is 17.3 Å². The van der Waals surface area contributed by atoms with Gasteiger partial charge in [-0.05, 0) is 42.3 Å². The quantitative estimate of drug-likeness (QED) is 0.522. The van der Waals surface area contributed by atoms with Crippen LogP contribution in [-0.4, -0.2) is 38.9 Å². The molecule has 0 aliphatic carbocycles. The summed E-state index contributed by atoms with van der Waals surface area (Å²) in [5.41, 5.74) is 2.33. The van der Waals surface area contributed by atoms with Gasteiger partial charge in [-0.1, -0.05) is 25.1 Å². The minimum Gasteiger partial charge on any atom is -0.488 e. The van der Waals surface area contributed by atoms with Gasteiger partial charge in [0.2, 0.25) is 0 Å². The van der Waals surface area contributed by atoms with Gasteiger partial charge in [0, 0.05) is 37.0 Å². The Hall–Kier alpha value is -2.05. The van der Waals surface area contributed by atoms with E-state index >= 15 is 0 Å². The third kappa shape index (κ3) is 6.24. The maximum atomic E-state index is 6.19. The van der Waals surface area contributed by atoms with Crippen LogP contribution in [0.4, 0.5) is 0 Å². The molecule has 2 unspecified atom stereocenters. The van der Waals surface area contributed by atoms with Crippen LogP contribution in [-0.2, 0) is 17.7 Å². The lowest BCUT2D eigenvalue weighted by atomic mass is 10.1. The topological polar surface area (TPSA) is 54.9 Å². The van der Waals surface area contributed by atoms with Gasteiger partial charge in [0.05, 0.1) is 13.2 Å². The Labute approximate surface area is 172 Å². The number of hydrogen-bond acceptors (Lipinski definition) is 4. The standard InChI is InChI=1S/C22H31N3O2S/c1-16-6-7-18(21(12-16)27-19-8-9-26-15-19)14-25-22(23-3)24-13-17(2)11-20-5-4-10-28-20/h4-7,10,12,17,19H,8-9,11,13-15H2,1-3H3,(H2,23,24,25). The summed E-state index contributed by atoms with van der Waals surface area (Å²) < 4.78 is 11.6. The molecule has 2 atom stereocenters. The van der Waals surface area contributed by atoms with E-state index in [0.29, 0.717) is 19.1 Å². The van der Waals surface area contributed by atoms with Crippen LogP contribution in [0, 0.1) is 12.8 Å². The second-order valence-electron chi connectivity index (χ2n) is 7.41. The number of guanidine groups is 1. The Morgan fingerprint density at radius 3 is 2.96 bits per heavy atom. The predicted molar refractivity (Wildman–Crippen MR) is 116 cm³/mol. The molecule has 1 aromatic carbocycles. The van der Waals surface area contributed by atoms with Crippen LogP contribution in [0.2, 0.25) is 0 Å². The van der Waals surface area contributed by atoms with E-state index in [0.717, 1.165) is 43.3 Å². The zero-order valence-corrected chi connectivity index (χ0v) is 17.8. The van der Waals surface area contributed by atoms with Crippen molar-refractivity contribution in [3.8, 4) is 5.75 Å². The van der Waals surface area contributed by atoms with Gasteiger partial charge in [0.1, 0.15) is 11.9 Å². The van der Waals surface area contributed by atoms with Gasteiger partial charge in [-0.3, -0.25) is 4.99 Å². The van der Waals surface area contributed by atoms with Crippen LogP contribution >= 0.6 is 11.3 Å². The molecular weight excluding hydrogens is 370 g/mol. The monoisotopic (exact) mass is 401 g/mol. The number of nitrogens with one attached hydrogen (secondary N) is 2. The van der Waals surface area contributed by atoms with Crippen molar-refractivity contribution < 1.29 is 9.47 Å². The molecule has 0 saturated carbocycles. The SMILES string of the molecule is CN=C(NCc1ccc(C)cc1OC1CCOC1)NCC(C)Cc1cccs1. The van der Waals surface area contributed by atoms with Crippen molar-refractivity contribution in [2.45, 2.75) is 39.3 Å². The summed E-state index contributed by atoms with van der Waals surface area (Å²) in [5, 5.41) is 8.99. The van der Waals surface area contributed by atoms with Gasteiger partial charge in [-0.2, -0.15) is 0 Å². The van der Waals surface area contributed by atoms with E-state index in [1.54, 1.807) is 0 Å². The molecule has 1 fully saturated rings. The normalized spacial score (nSPS) is 18.1. The molecule has 1 aliphatic rings. The number of aliphatic imine (C=N–C) groups is 1. The summed E-state index contributed by atoms with van der Waals surface area (Å²) in [5.74, 6) is 2.29. The minimum absolute atomic E-state index is 0.149. The minimum atomic E-state index is 0.149. The lowest BCUT2D eigenvalue weighted by molar-refractivity contribution is 0.140. The van der Waals surface area contributed by atoms with Crippen LogP contribution in [0.1, 0.15) is 29.3 Å². The Morgan fingerprint density at radius 1 is 1.36 bits per heavy atom. The number of thiophene rings is 1. The first kappa shape index (κ1) is 20.7. The molecule has 152 valence electrons. The van der Waals surface area contributed by atoms with Gasteiger partial charge < -0.3 is 20.1 Å². The van der Waals surface area contributed by atoms with Crippen LogP contribution in [0.15, 0.2) is 40.7 Å². The zero-order valence-electron chi connectivity index (χ0n) is 17.0. The molecule has 0 amide bonds. The van der Waals surface area contributed by atoms with Crippen molar-refractivity contribution in [2.75, 3.05) is 26.8 Å². The molecule has 0 radical (unpaired) electrons. The zero-order chi connectivity index (χ0) is 19.8. The van der Waals surface area contributed by atoms with E-state index in [2.05, 4.69) is 65.2 Å². The molecule has 5 nitrogen and oxygen atoms in total. The first-order valence-corrected chi connectivity index (χ1v) is 10.8. The van der Waals surface area contributed by atoms with Gasteiger partial charge in [-0.25, -0.2) is 0 Å². The summed E-state index contributed by atoms with van der Waals surface area (Å²) in [7, 11) is 1.81. The van der Waals surface area contributed by atoms with E-state index in [-0.39, 0.29) is 6.10 Å². The Morgan fingerprint density at radius 2 is 2.25 bits per heavy atom. The van der Waals surface area contributed by atoms with Gasteiger partial charge in [0.15, 0.2) is 5.96 Å². The number of hydrogen-bond donors (Lipinski definition) is 2. The maximum absolute atomic E-state index is 6.19. The second-order valence-corrected chi connectivity index (χ2v) is 8.44. The summed E-state index contributed by atoms with van der Waals surface area (Å²) in [6.45, 7) is 7.35. The number of aryl methyl sites for hydroxylation is 1. The van der Waals surface area contributed by atoms with Crippen LogP contribution in [0.5, 0.6) is 5.75 Å². The Balaban J connectivity index is 1.51. The highest BCUT2D eigenvalue weighted by Gasteiger charge is 2.18. The smallest absolute Gasteiger partial charge is 0.191 e. The second kappa shape index (κ2) is 10.5. The highest BCUT2D eigenvalue weighted by molar-refractivity contribution is 7.09. The van der Waals surface area contributed by atoms with Crippen molar-refractivity contribution in [2.24, 2.45) is 10.9 Å². The van der Waals surface area contributed by atoms with Crippen molar-refractivity contribution in [3.63, 3.8) is 0 Å². The van der Waals surface area contributed by atoms with Crippen molar-refractivity contribution in [1.82, 2.24) is 10.6 Å². The lowest BCUT2D eigenvalue weighted by Crippen LogP contribution is -2.39. The number of ether oxygens (including phenoxy) is 2. The average Bonchev–Trinajstić information content (AvgIpc) is 3.37. The molecule has 0 spiro atoms. The van der Waals surface area contributed by atoms with Crippen LogP contribution < -0.4 is 15.4 Å². The van der Waals surface area contributed by atoms with E-state index in [1.165, 1.54) is 10.4 Å². The molecule has 28 heavy (non-hydrogen) atoms. The summed E-state index contributed by atoms with van der Waals surface area (Å²) in [6, 6.07) is 10.7. The van der Waals surface area contributed by atoms with E-state index in [9.17, 15) is 0 Å². The fourth-order valence-corrected chi connectivity index (χ4v) is 4.09. The lowest BCUT2D eigenvalue weighted by Gasteiger charge is -2.19. The van der Waals surface area contributed by atoms with Crippen LogP contribution in [0.3, 0.4) is 0 Å². The Kier molecular flexibility index (Phi) is 7.74. The van der Waals surface area contributed by atoms with Crippen molar-refractivity contribution in [1.29, 1.82) is 0 Å². The van der Waals surface area contributed by atoms with Gasteiger partial charge in [0.25, 0.3) is 0 Å². The molecule has 1 aromatic heterocycles. The van der Waals surface area contributed by atoms with E-state index in [4.69, 9.17) is 9.47 Å².